The summed E-state index contributed by atoms with van der Waals surface area (Å²) in [5.41, 5.74) is 11.8. The third-order valence-corrected chi connectivity index (χ3v) is 5.06. The minimum atomic E-state index is 0.559. The van der Waals surface area contributed by atoms with E-state index >= 15 is 0 Å². The van der Waals surface area contributed by atoms with Crippen LogP contribution >= 0.6 is 0 Å². The van der Waals surface area contributed by atoms with E-state index in [4.69, 9.17) is 10.5 Å². The van der Waals surface area contributed by atoms with E-state index in [0.29, 0.717) is 6.54 Å². The van der Waals surface area contributed by atoms with Gasteiger partial charge in [-0.15, -0.1) is 0 Å². The van der Waals surface area contributed by atoms with E-state index in [1.807, 2.05) is 25.5 Å². The predicted molar refractivity (Wildman–Crippen MR) is 106 cm³/mol. The molecule has 0 aliphatic heterocycles. The summed E-state index contributed by atoms with van der Waals surface area (Å²) in [6.45, 7) is 0.559. The number of H-pyrrole nitrogens is 1. The minimum absolute atomic E-state index is 0.559. The van der Waals surface area contributed by atoms with E-state index in [2.05, 4.69) is 48.3 Å². The van der Waals surface area contributed by atoms with Gasteiger partial charge in [-0.05, 0) is 30.8 Å². The van der Waals surface area contributed by atoms with Crippen LogP contribution < -0.4 is 10.5 Å². The van der Waals surface area contributed by atoms with E-state index < -0.39 is 0 Å². The van der Waals surface area contributed by atoms with Crippen molar-refractivity contribution in [3.05, 3.63) is 48.7 Å². The number of hydrogen-bond donors (Lipinski definition) is 2. The SMILES string of the molecule is COc1ccc2c(c1)c(-c1cc3c(ncc4cnc(CCN)n43)[nH]1)cn2C. The topological polar surface area (TPSA) is 86.2 Å². The first kappa shape index (κ1) is 15.9. The van der Waals surface area contributed by atoms with Crippen LogP contribution in [0.3, 0.4) is 0 Å². The number of aromatic amines is 1. The molecule has 0 atom stereocenters. The van der Waals surface area contributed by atoms with Crippen LogP contribution in [-0.4, -0.2) is 37.6 Å². The standard InChI is InChI=1S/C20H20N6O/c1-25-11-15(14-7-13(27-2)3-4-17(14)25)16-8-18-20(24-16)23-10-12-9-22-19(5-6-21)26(12)18/h3-4,7-11,24H,5-6,21H2,1-2H3. The van der Waals surface area contributed by atoms with Crippen LogP contribution in [0, 0.1) is 0 Å². The highest BCUT2D eigenvalue weighted by molar-refractivity contribution is 5.98. The zero-order valence-corrected chi connectivity index (χ0v) is 15.2. The molecular formula is C20H20N6O. The zero-order valence-electron chi connectivity index (χ0n) is 15.2. The van der Waals surface area contributed by atoms with Crippen molar-refractivity contribution in [3.8, 4) is 17.0 Å². The number of methoxy groups -OCH3 is 1. The zero-order chi connectivity index (χ0) is 18.5. The van der Waals surface area contributed by atoms with E-state index in [9.17, 15) is 0 Å². The molecule has 5 rings (SSSR count). The number of imidazole rings is 1. The average molecular weight is 360 g/mol. The number of hydrogen-bond acceptors (Lipinski definition) is 4. The van der Waals surface area contributed by atoms with Crippen molar-refractivity contribution in [2.24, 2.45) is 12.8 Å². The molecule has 0 amide bonds. The predicted octanol–water partition coefficient (Wildman–Crippen LogP) is 2.88. The molecule has 136 valence electrons. The molecule has 5 aromatic rings. The molecule has 0 radical (unpaired) electrons. The number of nitrogens with two attached hydrogens (primary N) is 1. The molecule has 7 heteroatoms. The fourth-order valence-corrected chi connectivity index (χ4v) is 3.77. The number of aromatic nitrogens is 5. The van der Waals surface area contributed by atoms with Crippen LogP contribution in [0.1, 0.15) is 5.82 Å². The van der Waals surface area contributed by atoms with Gasteiger partial charge in [0.25, 0.3) is 0 Å². The van der Waals surface area contributed by atoms with Crippen molar-refractivity contribution < 1.29 is 4.74 Å². The Labute approximate surface area is 155 Å². The molecule has 0 aliphatic carbocycles. The Hall–Kier alpha value is -3.32. The summed E-state index contributed by atoms with van der Waals surface area (Å²) in [6, 6.07) is 8.25. The van der Waals surface area contributed by atoms with Gasteiger partial charge in [-0.3, -0.25) is 4.40 Å². The molecule has 4 heterocycles. The van der Waals surface area contributed by atoms with Crippen LogP contribution in [0.5, 0.6) is 5.75 Å². The first-order valence-corrected chi connectivity index (χ1v) is 8.87. The molecule has 27 heavy (non-hydrogen) atoms. The maximum Gasteiger partial charge on any atom is 0.154 e. The molecular weight excluding hydrogens is 340 g/mol. The van der Waals surface area contributed by atoms with Gasteiger partial charge in [-0.2, -0.15) is 0 Å². The number of rotatable bonds is 4. The molecule has 1 aromatic carbocycles. The molecule has 3 N–H and O–H groups in total. The van der Waals surface area contributed by atoms with Crippen molar-refractivity contribution >= 4 is 27.6 Å². The second-order valence-electron chi connectivity index (χ2n) is 6.69. The van der Waals surface area contributed by atoms with Gasteiger partial charge in [0.1, 0.15) is 11.6 Å². The van der Waals surface area contributed by atoms with Crippen molar-refractivity contribution in [2.45, 2.75) is 6.42 Å². The summed E-state index contributed by atoms with van der Waals surface area (Å²) < 4.78 is 9.66. The largest absolute Gasteiger partial charge is 0.497 e. The van der Waals surface area contributed by atoms with Crippen LogP contribution in [0.2, 0.25) is 0 Å². The van der Waals surface area contributed by atoms with Gasteiger partial charge in [0.15, 0.2) is 5.65 Å². The second-order valence-corrected chi connectivity index (χ2v) is 6.69. The van der Waals surface area contributed by atoms with Gasteiger partial charge in [0.2, 0.25) is 0 Å². The van der Waals surface area contributed by atoms with Crippen molar-refractivity contribution in [1.82, 2.24) is 23.9 Å². The van der Waals surface area contributed by atoms with Gasteiger partial charge < -0.3 is 20.0 Å². The number of aryl methyl sites for hydroxylation is 1. The Morgan fingerprint density at radius 2 is 2.00 bits per heavy atom. The number of nitrogens with zero attached hydrogens (tertiary/aromatic N) is 4. The van der Waals surface area contributed by atoms with Crippen molar-refractivity contribution in [3.63, 3.8) is 0 Å². The fourth-order valence-electron chi connectivity index (χ4n) is 3.77. The van der Waals surface area contributed by atoms with Gasteiger partial charge in [0, 0.05) is 36.1 Å². The molecule has 0 fully saturated rings. The molecule has 0 saturated heterocycles. The number of benzene rings is 1. The quantitative estimate of drug-likeness (QED) is 0.516. The van der Waals surface area contributed by atoms with Crippen molar-refractivity contribution in [2.75, 3.05) is 13.7 Å². The second kappa shape index (κ2) is 5.85. The summed E-state index contributed by atoms with van der Waals surface area (Å²) in [5, 5.41) is 1.13. The number of ether oxygens (including phenoxy) is 1. The monoisotopic (exact) mass is 360 g/mol. The Bertz CT molecular complexity index is 1290. The van der Waals surface area contributed by atoms with Crippen LogP contribution in [0.15, 0.2) is 42.9 Å². The smallest absolute Gasteiger partial charge is 0.154 e. The van der Waals surface area contributed by atoms with Crippen LogP contribution in [-0.2, 0) is 13.5 Å². The van der Waals surface area contributed by atoms with E-state index in [1.165, 1.54) is 0 Å². The fraction of sp³-hybridized carbons (Fsp3) is 0.200. The van der Waals surface area contributed by atoms with E-state index in [-0.39, 0.29) is 0 Å². The maximum absolute atomic E-state index is 5.75. The molecule has 0 aliphatic rings. The lowest BCUT2D eigenvalue weighted by molar-refractivity contribution is 0.415. The highest BCUT2D eigenvalue weighted by Crippen LogP contribution is 2.33. The highest BCUT2D eigenvalue weighted by atomic mass is 16.5. The summed E-state index contributed by atoms with van der Waals surface area (Å²) in [4.78, 5) is 12.5. The first-order chi connectivity index (χ1) is 13.2. The van der Waals surface area contributed by atoms with Crippen molar-refractivity contribution in [1.29, 1.82) is 0 Å². The molecule has 4 aromatic heterocycles. The minimum Gasteiger partial charge on any atom is -0.497 e. The molecule has 0 saturated carbocycles. The Balaban J connectivity index is 1.77. The Morgan fingerprint density at radius 3 is 2.81 bits per heavy atom. The molecule has 0 bridgehead atoms. The number of fused-ring (bicyclic) bond motifs is 4. The Morgan fingerprint density at radius 1 is 1.15 bits per heavy atom. The van der Waals surface area contributed by atoms with Gasteiger partial charge >= 0.3 is 0 Å². The summed E-state index contributed by atoms with van der Waals surface area (Å²) in [5.74, 6) is 1.79. The van der Waals surface area contributed by atoms with Gasteiger partial charge in [0.05, 0.1) is 36.2 Å². The molecule has 0 unspecified atom stereocenters. The summed E-state index contributed by atoms with van der Waals surface area (Å²) >= 11 is 0. The van der Waals surface area contributed by atoms with E-state index in [1.54, 1.807) is 7.11 Å². The summed E-state index contributed by atoms with van der Waals surface area (Å²) in [7, 11) is 3.73. The lowest BCUT2D eigenvalue weighted by Gasteiger charge is -2.01. The lowest BCUT2D eigenvalue weighted by Crippen LogP contribution is -2.06. The first-order valence-electron chi connectivity index (χ1n) is 8.87. The third-order valence-electron chi connectivity index (χ3n) is 5.06. The highest BCUT2D eigenvalue weighted by Gasteiger charge is 2.15. The number of nitrogens with one attached hydrogen (secondary N) is 1. The maximum atomic E-state index is 5.75. The van der Waals surface area contributed by atoms with Gasteiger partial charge in [-0.1, -0.05) is 0 Å². The summed E-state index contributed by atoms with van der Waals surface area (Å²) in [6.07, 6.45) is 6.52. The van der Waals surface area contributed by atoms with E-state index in [0.717, 1.165) is 56.8 Å². The Kier molecular flexibility index (Phi) is 3.45. The normalized spacial score (nSPS) is 11.8. The van der Waals surface area contributed by atoms with Crippen LogP contribution in [0.4, 0.5) is 0 Å². The lowest BCUT2D eigenvalue weighted by atomic mass is 10.1. The molecule has 7 nitrogen and oxygen atoms in total. The third kappa shape index (κ3) is 2.32. The average Bonchev–Trinajstić information content (AvgIpc) is 3.37. The van der Waals surface area contributed by atoms with Crippen LogP contribution in [0.25, 0.3) is 38.8 Å². The molecule has 0 spiro atoms. The van der Waals surface area contributed by atoms with Gasteiger partial charge in [-0.25, -0.2) is 9.97 Å².